The molecule has 116 valence electrons. The van der Waals surface area contributed by atoms with Gasteiger partial charge in [0.15, 0.2) is 11.6 Å². The van der Waals surface area contributed by atoms with E-state index in [1.807, 2.05) is 17.7 Å². The van der Waals surface area contributed by atoms with Gasteiger partial charge in [-0.1, -0.05) is 0 Å². The monoisotopic (exact) mass is 325 g/mol. The van der Waals surface area contributed by atoms with Crippen molar-refractivity contribution in [3.8, 4) is 0 Å². The summed E-state index contributed by atoms with van der Waals surface area (Å²) in [4.78, 5) is 16.1. The molecule has 0 radical (unpaired) electrons. The zero-order valence-corrected chi connectivity index (χ0v) is 12.6. The zero-order valence-electron chi connectivity index (χ0n) is 11.8. The Morgan fingerprint density at radius 2 is 1.95 bits per heavy atom. The summed E-state index contributed by atoms with van der Waals surface area (Å²) in [5, 5.41) is 14.4. The van der Waals surface area contributed by atoms with E-state index in [0.717, 1.165) is 30.3 Å². The van der Waals surface area contributed by atoms with Crippen LogP contribution in [-0.4, -0.2) is 21.0 Å². The molecular formula is C14H13F2N3O2S. The minimum absolute atomic E-state index is 0.393. The summed E-state index contributed by atoms with van der Waals surface area (Å²) in [7, 11) is 0. The third-order valence-corrected chi connectivity index (χ3v) is 3.49. The molecule has 1 aromatic carbocycles. The van der Waals surface area contributed by atoms with Crippen molar-refractivity contribution in [2.75, 3.05) is 5.32 Å². The number of imidazole rings is 1. The molecule has 0 aliphatic rings. The fourth-order valence-corrected chi connectivity index (χ4v) is 2.46. The molecule has 3 N–H and O–H groups in total. The summed E-state index contributed by atoms with van der Waals surface area (Å²) >= 11 is 1.57. The normalized spacial score (nSPS) is 10.2. The summed E-state index contributed by atoms with van der Waals surface area (Å²) in [5.41, 5.74) is 2.88. The number of rotatable bonds is 2. The zero-order chi connectivity index (χ0) is 16.3. The van der Waals surface area contributed by atoms with E-state index >= 15 is 0 Å². The second-order valence-electron chi connectivity index (χ2n) is 4.48. The highest BCUT2D eigenvalue weighted by molar-refractivity contribution is 7.08. The van der Waals surface area contributed by atoms with E-state index < -0.39 is 17.6 Å². The first kappa shape index (κ1) is 15.9. The lowest BCUT2D eigenvalue weighted by Crippen LogP contribution is -1.91. The molecule has 2 heterocycles. The van der Waals surface area contributed by atoms with Crippen LogP contribution in [0.5, 0.6) is 0 Å². The van der Waals surface area contributed by atoms with Crippen LogP contribution >= 0.6 is 11.3 Å². The maximum absolute atomic E-state index is 13.1. The largest absolute Gasteiger partial charge is 0.481 e. The van der Waals surface area contributed by atoms with Gasteiger partial charge in [0.1, 0.15) is 0 Å². The maximum atomic E-state index is 13.1. The van der Waals surface area contributed by atoms with Gasteiger partial charge < -0.3 is 15.4 Å². The first-order chi connectivity index (χ1) is 10.4. The number of aromatic nitrogens is 2. The van der Waals surface area contributed by atoms with Crippen molar-refractivity contribution in [1.82, 2.24) is 9.97 Å². The summed E-state index contributed by atoms with van der Waals surface area (Å²) in [6, 6.07) is 2.18. The number of hydrogen-bond donors (Lipinski definition) is 3. The van der Waals surface area contributed by atoms with E-state index in [2.05, 4.69) is 15.3 Å². The number of carboxylic acid groups (broad SMARTS) is 1. The van der Waals surface area contributed by atoms with Crippen molar-refractivity contribution >= 4 is 40.0 Å². The van der Waals surface area contributed by atoms with Crippen molar-refractivity contribution in [2.24, 2.45) is 0 Å². The van der Waals surface area contributed by atoms with Crippen LogP contribution in [-0.2, 0) is 4.79 Å². The van der Waals surface area contributed by atoms with Crippen LogP contribution in [0.1, 0.15) is 12.5 Å². The Balaban J connectivity index is 0.000000396. The molecule has 0 amide bonds. The fraction of sp³-hybridized carbons (Fsp3) is 0.143. The number of benzene rings is 1. The van der Waals surface area contributed by atoms with Crippen molar-refractivity contribution in [3.05, 3.63) is 40.1 Å². The van der Waals surface area contributed by atoms with Crippen molar-refractivity contribution in [1.29, 1.82) is 0 Å². The number of hydrogen-bond acceptors (Lipinski definition) is 4. The Hall–Kier alpha value is -2.48. The van der Waals surface area contributed by atoms with E-state index in [4.69, 9.17) is 9.90 Å². The van der Waals surface area contributed by atoms with E-state index in [-0.39, 0.29) is 0 Å². The number of aromatic amines is 1. The molecule has 0 aliphatic heterocycles. The number of nitrogens with zero attached hydrogens (tertiary/aromatic N) is 1. The number of anilines is 2. The number of H-pyrrole nitrogens is 1. The minimum Gasteiger partial charge on any atom is -0.481 e. The molecule has 8 heteroatoms. The quantitative estimate of drug-likeness (QED) is 0.664. The van der Waals surface area contributed by atoms with Crippen LogP contribution in [0, 0.1) is 18.6 Å². The van der Waals surface area contributed by atoms with Gasteiger partial charge >= 0.3 is 0 Å². The standard InChI is InChI=1S/C12H9F2N3S.C2H4O2/c1-6-4-18-5-11(6)17-12-15-9-2-7(13)8(14)3-10(9)16-12;1-2(3)4/h2-5H,1H3,(H2,15,16,17);1H3,(H,3,4). The minimum atomic E-state index is -0.896. The lowest BCUT2D eigenvalue weighted by molar-refractivity contribution is -0.134. The molecular weight excluding hydrogens is 312 g/mol. The van der Waals surface area contributed by atoms with Gasteiger partial charge in [0.25, 0.3) is 5.97 Å². The SMILES string of the molecule is CC(=O)O.Cc1cscc1Nc1nc2cc(F)c(F)cc2[nH]1. The number of aryl methyl sites for hydroxylation is 1. The van der Waals surface area contributed by atoms with Gasteiger partial charge in [0, 0.05) is 24.4 Å². The number of nitrogens with one attached hydrogen (secondary N) is 2. The molecule has 0 spiro atoms. The van der Waals surface area contributed by atoms with E-state index in [0.29, 0.717) is 17.0 Å². The van der Waals surface area contributed by atoms with Gasteiger partial charge in [0.2, 0.25) is 5.95 Å². The molecule has 0 aliphatic carbocycles. The van der Waals surface area contributed by atoms with Crippen LogP contribution in [0.3, 0.4) is 0 Å². The molecule has 5 nitrogen and oxygen atoms in total. The van der Waals surface area contributed by atoms with Crippen molar-refractivity contribution < 1.29 is 18.7 Å². The third kappa shape index (κ3) is 3.79. The molecule has 22 heavy (non-hydrogen) atoms. The predicted molar refractivity (Wildman–Crippen MR) is 81.7 cm³/mol. The third-order valence-electron chi connectivity index (χ3n) is 2.63. The number of carbonyl (C=O) groups is 1. The summed E-state index contributed by atoms with van der Waals surface area (Å²) in [5.74, 6) is -2.15. The number of carboxylic acids is 1. The van der Waals surface area contributed by atoms with Crippen LogP contribution in [0.4, 0.5) is 20.4 Å². The first-order valence-electron chi connectivity index (χ1n) is 6.21. The Labute approximate surface area is 128 Å². The summed E-state index contributed by atoms with van der Waals surface area (Å²) in [6.45, 7) is 3.06. The van der Waals surface area contributed by atoms with Crippen LogP contribution in [0.2, 0.25) is 0 Å². The molecule has 3 aromatic rings. The summed E-state index contributed by atoms with van der Waals surface area (Å²) < 4.78 is 26.1. The Morgan fingerprint density at radius 1 is 1.32 bits per heavy atom. The van der Waals surface area contributed by atoms with Gasteiger partial charge in [-0.2, -0.15) is 0 Å². The average Bonchev–Trinajstić information content (AvgIpc) is 2.97. The highest BCUT2D eigenvalue weighted by atomic mass is 32.1. The second kappa shape index (κ2) is 6.52. The molecule has 0 bridgehead atoms. The maximum Gasteiger partial charge on any atom is 0.300 e. The second-order valence-corrected chi connectivity index (χ2v) is 5.22. The highest BCUT2D eigenvalue weighted by Crippen LogP contribution is 2.24. The lowest BCUT2D eigenvalue weighted by atomic mass is 10.3. The highest BCUT2D eigenvalue weighted by Gasteiger charge is 2.09. The fourth-order valence-electron chi connectivity index (χ4n) is 1.68. The predicted octanol–water partition coefficient (Wildman–Crippen LogP) is 4.05. The van der Waals surface area contributed by atoms with Crippen molar-refractivity contribution in [3.63, 3.8) is 0 Å². The van der Waals surface area contributed by atoms with Gasteiger partial charge in [-0.15, -0.1) is 11.3 Å². The van der Waals surface area contributed by atoms with E-state index in [1.165, 1.54) is 0 Å². The molecule has 0 saturated heterocycles. The van der Waals surface area contributed by atoms with Crippen LogP contribution in [0.15, 0.2) is 22.9 Å². The first-order valence-corrected chi connectivity index (χ1v) is 7.15. The smallest absolute Gasteiger partial charge is 0.300 e. The van der Waals surface area contributed by atoms with Crippen LogP contribution in [0.25, 0.3) is 11.0 Å². The van der Waals surface area contributed by atoms with Crippen molar-refractivity contribution in [2.45, 2.75) is 13.8 Å². The molecule has 0 unspecified atom stereocenters. The Kier molecular flexibility index (Phi) is 4.71. The molecule has 2 aromatic heterocycles. The Morgan fingerprint density at radius 3 is 2.55 bits per heavy atom. The number of aliphatic carboxylic acids is 1. The van der Waals surface area contributed by atoms with Gasteiger partial charge in [-0.05, 0) is 17.9 Å². The molecule has 0 fully saturated rings. The Bertz CT molecular complexity index is 771. The average molecular weight is 325 g/mol. The summed E-state index contributed by atoms with van der Waals surface area (Å²) in [6.07, 6.45) is 0. The number of halogens is 2. The van der Waals surface area contributed by atoms with E-state index in [9.17, 15) is 8.78 Å². The van der Waals surface area contributed by atoms with Gasteiger partial charge in [-0.25, -0.2) is 13.8 Å². The number of fused-ring (bicyclic) bond motifs is 1. The van der Waals surface area contributed by atoms with Gasteiger partial charge in [-0.3, -0.25) is 4.79 Å². The van der Waals surface area contributed by atoms with Gasteiger partial charge in [0.05, 0.1) is 16.7 Å². The number of thiophene rings is 1. The molecule has 0 atom stereocenters. The van der Waals surface area contributed by atoms with E-state index in [1.54, 1.807) is 11.3 Å². The van der Waals surface area contributed by atoms with Crippen LogP contribution < -0.4 is 5.32 Å². The molecule has 0 saturated carbocycles. The molecule has 3 rings (SSSR count). The topological polar surface area (TPSA) is 78.0 Å². The lowest BCUT2D eigenvalue weighted by Gasteiger charge is -1.99.